The molecule has 0 spiro atoms. The number of H-pyrrole nitrogens is 1. The van der Waals surface area contributed by atoms with Gasteiger partial charge in [0.1, 0.15) is 0 Å². The lowest BCUT2D eigenvalue weighted by atomic mass is 9.93. The van der Waals surface area contributed by atoms with Crippen molar-refractivity contribution < 1.29 is 9.90 Å². The highest BCUT2D eigenvalue weighted by Gasteiger charge is 2.32. The fourth-order valence-electron chi connectivity index (χ4n) is 3.73. The first-order valence-corrected chi connectivity index (χ1v) is 8.81. The van der Waals surface area contributed by atoms with E-state index in [0.717, 1.165) is 35.1 Å². The molecule has 0 bridgehead atoms. The van der Waals surface area contributed by atoms with Crippen LogP contribution in [0.3, 0.4) is 0 Å². The molecule has 4 rings (SSSR count). The number of Topliss-reactive ketones (excluding diaryl/α,β-unsaturated/α-hetero) is 1. The second kappa shape index (κ2) is 6.82. The van der Waals surface area contributed by atoms with Gasteiger partial charge in [0.25, 0.3) is 0 Å². The molecule has 0 amide bonds. The minimum atomic E-state index is -0.312. The van der Waals surface area contributed by atoms with E-state index in [4.69, 9.17) is 0 Å². The highest BCUT2D eigenvalue weighted by Crippen LogP contribution is 2.30. The number of nitrogens with one attached hydrogen (secondary N) is 1. The predicted octanol–water partition coefficient (Wildman–Crippen LogP) is 3.55. The van der Waals surface area contributed by atoms with Gasteiger partial charge in [-0.2, -0.15) is 0 Å². The lowest BCUT2D eigenvalue weighted by molar-refractivity contribution is 0.0513. The number of carbonyl (C=O) groups excluding carboxylic acids is 1. The molecule has 0 unspecified atom stereocenters. The quantitative estimate of drug-likeness (QED) is 0.718. The molecule has 4 heteroatoms. The van der Waals surface area contributed by atoms with Crippen LogP contribution in [0.25, 0.3) is 10.9 Å². The number of hydrogen-bond acceptors (Lipinski definition) is 3. The molecular weight excluding hydrogens is 312 g/mol. The first kappa shape index (κ1) is 16.1. The van der Waals surface area contributed by atoms with E-state index < -0.39 is 0 Å². The monoisotopic (exact) mass is 334 g/mol. The van der Waals surface area contributed by atoms with Crippen LogP contribution in [-0.2, 0) is 0 Å². The van der Waals surface area contributed by atoms with Crippen molar-refractivity contribution in [3.8, 4) is 0 Å². The van der Waals surface area contributed by atoms with Crippen molar-refractivity contribution in [2.24, 2.45) is 0 Å². The number of hydrogen-bond donors (Lipinski definition) is 2. The normalized spacial score (nSPS) is 17.6. The van der Waals surface area contributed by atoms with E-state index in [1.54, 1.807) is 0 Å². The zero-order valence-corrected chi connectivity index (χ0v) is 14.1. The average Bonchev–Trinajstić information content (AvgIpc) is 3.08. The molecule has 0 saturated carbocycles. The van der Waals surface area contributed by atoms with Crippen LogP contribution in [0.5, 0.6) is 0 Å². The first-order chi connectivity index (χ1) is 12.2. The average molecular weight is 334 g/mol. The van der Waals surface area contributed by atoms with Gasteiger partial charge in [-0.05, 0) is 24.5 Å². The number of benzene rings is 2. The smallest absolute Gasteiger partial charge is 0.186 e. The minimum absolute atomic E-state index is 0.111. The lowest BCUT2D eigenvalue weighted by Crippen LogP contribution is -2.41. The van der Waals surface area contributed by atoms with Crippen LogP contribution in [0.15, 0.2) is 60.8 Å². The van der Waals surface area contributed by atoms with Crippen molar-refractivity contribution in [1.82, 2.24) is 9.88 Å². The molecule has 1 fully saturated rings. The summed E-state index contributed by atoms with van der Waals surface area (Å²) in [6.45, 7) is 1.46. The topological polar surface area (TPSA) is 56.3 Å². The Morgan fingerprint density at radius 3 is 2.48 bits per heavy atom. The second-order valence-electron chi connectivity index (χ2n) is 6.69. The molecule has 1 saturated heterocycles. The highest BCUT2D eigenvalue weighted by atomic mass is 16.3. The molecule has 25 heavy (non-hydrogen) atoms. The third kappa shape index (κ3) is 3.11. The number of likely N-dealkylation sites (tertiary alicyclic amines) is 1. The summed E-state index contributed by atoms with van der Waals surface area (Å²) >= 11 is 0. The molecule has 128 valence electrons. The number of rotatable bonds is 4. The Labute approximate surface area is 147 Å². The summed E-state index contributed by atoms with van der Waals surface area (Å²) < 4.78 is 0. The van der Waals surface area contributed by atoms with Gasteiger partial charge in [0.15, 0.2) is 5.78 Å². The zero-order chi connectivity index (χ0) is 17.2. The largest absolute Gasteiger partial charge is 0.393 e. The number of carbonyl (C=O) groups is 1. The van der Waals surface area contributed by atoms with E-state index in [1.807, 2.05) is 60.8 Å². The Bertz CT molecular complexity index is 864. The van der Waals surface area contributed by atoms with Crippen LogP contribution in [0.1, 0.15) is 34.8 Å². The Morgan fingerprint density at radius 2 is 1.72 bits per heavy atom. The predicted molar refractivity (Wildman–Crippen MR) is 98.6 cm³/mol. The van der Waals surface area contributed by atoms with Crippen molar-refractivity contribution in [3.05, 3.63) is 71.9 Å². The summed E-state index contributed by atoms with van der Waals surface area (Å²) in [5, 5.41) is 10.8. The molecule has 4 nitrogen and oxygen atoms in total. The Kier molecular flexibility index (Phi) is 4.38. The van der Waals surface area contributed by atoms with Gasteiger partial charge in [0, 0.05) is 35.8 Å². The molecule has 2 aromatic carbocycles. The maximum atomic E-state index is 13.5. The lowest BCUT2D eigenvalue weighted by Gasteiger charge is -2.35. The maximum absolute atomic E-state index is 13.5. The van der Waals surface area contributed by atoms with Crippen molar-refractivity contribution in [1.29, 1.82) is 0 Å². The molecule has 2 heterocycles. The number of aromatic amines is 1. The maximum Gasteiger partial charge on any atom is 0.186 e. The van der Waals surface area contributed by atoms with Gasteiger partial charge in [0.2, 0.25) is 0 Å². The number of aromatic nitrogens is 1. The molecule has 1 aliphatic rings. The zero-order valence-electron chi connectivity index (χ0n) is 14.1. The van der Waals surface area contributed by atoms with Crippen LogP contribution >= 0.6 is 0 Å². The Balaban J connectivity index is 1.73. The number of nitrogens with zero attached hydrogens (tertiary/aromatic N) is 1. The second-order valence-corrected chi connectivity index (χ2v) is 6.69. The number of aliphatic hydroxyl groups is 1. The van der Waals surface area contributed by atoms with Gasteiger partial charge < -0.3 is 10.1 Å². The van der Waals surface area contributed by atoms with E-state index in [1.165, 1.54) is 0 Å². The summed E-state index contributed by atoms with van der Waals surface area (Å²) in [6.07, 6.45) is 2.99. The van der Waals surface area contributed by atoms with Crippen LogP contribution in [-0.4, -0.2) is 40.0 Å². The molecule has 0 radical (unpaired) electrons. The minimum Gasteiger partial charge on any atom is -0.393 e. The molecule has 1 aromatic heterocycles. The highest BCUT2D eigenvalue weighted by molar-refractivity contribution is 6.10. The summed E-state index contributed by atoms with van der Waals surface area (Å²) in [5.74, 6) is 0.111. The first-order valence-electron chi connectivity index (χ1n) is 8.81. The van der Waals surface area contributed by atoms with Gasteiger partial charge >= 0.3 is 0 Å². The van der Waals surface area contributed by atoms with E-state index in [9.17, 15) is 9.90 Å². The molecule has 0 aliphatic carbocycles. The molecule has 2 N–H and O–H groups in total. The van der Waals surface area contributed by atoms with Crippen LogP contribution in [0.4, 0.5) is 0 Å². The summed E-state index contributed by atoms with van der Waals surface area (Å²) in [7, 11) is 0. The number of aliphatic hydroxyl groups excluding tert-OH is 1. The molecule has 1 atom stereocenters. The van der Waals surface area contributed by atoms with Crippen LogP contribution in [0.2, 0.25) is 0 Å². The van der Waals surface area contributed by atoms with Gasteiger partial charge in [-0.15, -0.1) is 0 Å². The third-order valence-electron chi connectivity index (χ3n) is 5.08. The standard InChI is InChI=1S/C21H22N2O2/c24-16-10-12-23(13-11-16)20(15-6-2-1-3-7-15)21(25)18-14-22-19-9-5-4-8-17(18)19/h1-9,14,16,20,22,24H,10-13H2/t20-/m0/s1. The Morgan fingerprint density at radius 1 is 1.04 bits per heavy atom. The number of piperidine rings is 1. The van der Waals surface area contributed by atoms with Crippen LogP contribution < -0.4 is 0 Å². The van der Waals surface area contributed by atoms with Gasteiger partial charge in [-0.25, -0.2) is 0 Å². The fraction of sp³-hybridized carbons (Fsp3) is 0.286. The van der Waals surface area contributed by atoms with Crippen molar-refractivity contribution in [2.75, 3.05) is 13.1 Å². The van der Waals surface area contributed by atoms with Crippen molar-refractivity contribution >= 4 is 16.7 Å². The van der Waals surface area contributed by atoms with E-state index in [2.05, 4.69) is 9.88 Å². The van der Waals surface area contributed by atoms with E-state index >= 15 is 0 Å². The van der Waals surface area contributed by atoms with Crippen molar-refractivity contribution in [2.45, 2.75) is 25.0 Å². The van der Waals surface area contributed by atoms with Gasteiger partial charge in [-0.3, -0.25) is 9.69 Å². The number of fused-ring (bicyclic) bond motifs is 1. The summed E-state index contributed by atoms with van der Waals surface area (Å²) in [6, 6.07) is 17.5. The number of ketones is 1. The van der Waals surface area contributed by atoms with Gasteiger partial charge in [0.05, 0.1) is 12.1 Å². The van der Waals surface area contributed by atoms with E-state index in [0.29, 0.717) is 12.8 Å². The molecule has 3 aromatic rings. The SMILES string of the molecule is O=C(c1c[nH]c2ccccc12)[C@H](c1ccccc1)N1CCC(O)CC1. The fourth-order valence-corrected chi connectivity index (χ4v) is 3.73. The third-order valence-corrected chi connectivity index (χ3v) is 5.08. The van der Waals surface area contributed by atoms with Crippen molar-refractivity contribution in [3.63, 3.8) is 0 Å². The van der Waals surface area contributed by atoms with E-state index in [-0.39, 0.29) is 17.9 Å². The molecular formula is C21H22N2O2. The molecule has 1 aliphatic heterocycles. The number of para-hydroxylation sites is 1. The van der Waals surface area contributed by atoms with Crippen LogP contribution in [0, 0.1) is 0 Å². The Hall–Kier alpha value is -2.43. The summed E-state index contributed by atoms with van der Waals surface area (Å²) in [4.78, 5) is 18.9. The summed E-state index contributed by atoms with van der Waals surface area (Å²) in [5.41, 5.74) is 2.72. The van der Waals surface area contributed by atoms with Gasteiger partial charge in [-0.1, -0.05) is 48.5 Å².